The minimum absolute atomic E-state index is 0.950. The first-order valence-corrected chi connectivity index (χ1v) is 15.9. The number of benzene rings is 6. The fourth-order valence-corrected chi connectivity index (χ4v) is 7.97. The van der Waals surface area contributed by atoms with E-state index in [1.807, 2.05) is 12.4 Å². The molecular formula is C42H25N5. The number of nitrogens with zero attached hydrogens (tertiary/aromatic N) is 5. The van der Waals surface area contributed by atoms with E-state index in [0.717, 1.165) is 44.3 Å². The Morgan fingerprint density at radius 2 is 1.09 bits per heavy atom. The van der Waals surface area contributed by atoms with Crippen LogP contribution in [-0.4, -0.2) is 23.5 Å². The molecule has 5 aromatic heterocycles. The molecule has 5 heterocycles. The van der Waals surface area contributed by atoms with Gasteiger partial charge in [0.1, 0.15) is 5.65 Å². The first-order valence-electron chi connectivity index (χ1n) is 15.9. The van der Waals surface area contributed by atoms with E-state index in [1.54, 1.807) is 0 Å². The summed E-state index contributed by atoms with van der Waals surface area (Å²) < 4.78 is 7.10. The third-order valence-corrected chi connectivity index (χ3v) is 9.87. The number of rotatable bonds is 2. The van der Waals surface area contributed by atoms with Gasteiger partial charge in [0.15, 0.2) is 0 Å². The topological polar surface area (TPSA) is 40.1 Å². The molecule has 218 valence electrons. The molecule has 0 saturated carbocycles. The molecule has 6 aromatic carbocycles. The lowest BCUT2D eigenvalue weighted by atomic mass is 10.00. The maximum atomic E-state index is 5.20. The van der Waals surface area contributed by atoms with E-state index in [1.165, 1.54) is 49.0 Å². The van der Waals surface area contributed by atoms with E-state index < -0.39 is 0 Å². The average molecular weight is 600 g/mol. The Balaban J connectivity index is 1.41. The van der Waals surface area contributed by atoms with Crippen molar-refractivity contribution >= 4 is 82.0 Å². The normalized spacial score (nSPS) is 12.3. The lowest BCUT2D eigenvalue weighted by Crippen LogP contribution is -1.96. The number of hydrogen-bond donors (Lipinski definition) is 0. The second kappa shape index (κ2) is 9.05. The van der Waals surface area contributed by atoms with Crippen molar-refractivity contribution in [3.05, 3.63) is 152 Å². The van der Waals surface area contributed by atoms with Crippen molar-refractivity contribution in [2.75, 3.05) is 0 Å². The van der Waals surface area contributed by atoms with Gasteiger partial charge in [-0.05, 0) is 72.8 Å². The third kappa shape index (κ3) is 3.22. The summed E-state index contributed by atoms with van der Waals surface area (Å²) in [5.74, 6) is 0. The van der Waals surface area contributed by atoms with Crippen molar-refractivity contribution < 1.29 is 0 Å². The first-order chi connectivity index (χ1) is 23.3. The highest BCUT2D eigenvalue weighted by Crippen LogP contribution is 2.44. The summed E-state index contributed by atoms with van der Waals surface area (Å²) in [6, 6.07) is 50.1. The van der Waals surface area contributed by atoms with Gasteiger partial charge in [0.05, 0.1) is 44.8 Å². The second-order valence-corrected chi connectivity index (χ2v) is 12.3. The van der Waals surface area contributed by atoms with E-state index in [9.17, 15) is 0 Å². The summed E-state index contributed by atoms with van der Waals surface area (Å²) >= 11 is 0. The molecule has 0 amide bonds. The highest BCUT2D eigenvalue weighted by atomic mass is 15.0. The number of aromatic nitrogens is 5. The van der Waals surface area contributed by atoms with E-state index >= 15 is 0 Å². The molecular weight excluding hydrogens is 574 g/mol. The van der Waals surface area contributed by atoms with Crippen LogP contribution in [-0.2, 0) is 0 Å². The van der Waals surface area contributed by atoms with Gasteiger partial charge in [0.25, 0.3) is 0 Å². The van der Waals surface area contributed by atoms with Gasteiger partial charge >= 0.3 is 0 Å². The summed E-state index contributed by atoms with van der Waals surface area (Å²) in [5, 5.41) is 8.42. The molecule has 0 fully saturated rings. The second-order valence-electron chi connectivity index (χ2n) is 12.3. The standard InChI is InChI=1S/C42H25N5/c1-3-11-26(12-4-1)45-34-17-9-7-15-28(34)31-23-32-38(24-37(31)45)46(27-13-5-2-6-14-27)36-20-19-30-40(41(32)36)29-21-22-43-25-39(29)47-35-18-10-8-16-33(35)44-42(30)47/h1-25H. The summed E-state index contributed by atoms with van der Waals surface area (Å²) in [5.41, 5.74) is 11.1. The Hall–Kier alpha value is -6.46. The van der Waals surface area contributed by atoms with Crippen molar-refractivity contribution in [3.8, 4) is 11.4 Å². The van der Waals surface area contributed by atoms with E-state index in [2.05, 4.69) is 158 Å². The molecule has 0 unspecified atom stereocenters. The number of imidazole rings is 1. The van der Waals surface area contributed by atoms with Crippen molar-refractivity contribution in [1.29, 1.82) is 0 Å². The van der Waals surface area contributed by atoms with E-state index in [0.29, 0.717) is 0 Å². The maximum Gasteiger partial charge on any atom is 0.146 e. The van der Waals surface area contributed by atoms with Crippen LogP contribution in [0, 0.1) is 0 Å². The largest absolute Gasteiger partial charge is 0.309 e. The van der Waals surface area contributed by atoms with Gasteiger partial charge in [-0.2, -0.15) is 0 Å². The van der Waals surface area contributed by atoms with E-state index in [-0.39, 0.29) is 0 Å². The van der Waals surface area contributed by atoms with Gasteiger partial charge in [-0.25, -0.2) is 4.98 Å². The number of fused-ring (bicyclic) bond motifs is 15. The van der Waals surface area contributed by atoms with Gasteiger partial charge in [-0.1, -0.05) is 66.7 Å². The monoisotopic (exact) mass is 599 g/mol. The van der Waals surface area contributed by atoms with Crippen LogP contribution in [0.5, 0.6) is 0 Å². The maximum absolute atomic E-state index is 5.20. The smallest absolute Gasteiger partial charge is 0.146 e. The van der Waals surface area contributed by atoms with Crippen LogP contribution in [0.25, 0.3) is 93.3 Å². The number of para-hydroxylation sites is 5. The van der Waals surface area contributed by atoms with Gasteiger partial charge in [-0.3, -0.25) is 9.38 Å². The van der Waals surface area contributed by atoms with Crippen LogP contribution in [0.1, 0.15) is 0 Å². The minimum atomic E-state index is 0.950. The van der Waals surface area contributed by atoms with E-state index in [4.69, 9.17) is 4.98 Å². The fourth-order valence-electron chi connectivity index (χ4n) is 7.97. The van der Waals surface area contributed by atoms with Crippen LogP contribution < -0.4 is 0 Å². The quantitative estimate of drug-likeness (QED) is 0.186. The minimum Gasteiger partial charge on any atom is -0.309 e. The van der Waals surface area contributed by atoms with Crippen molar-refractivity contribution in [2.24, 2.45) is 0 Å². The molecule has 0 bridgehead atoms. The van der Waals surface area contributed by atoms with Crippen molar-refractivity contribution in [3.63, 3.8) is 0 Å². The van der Waals surface area contributed by atoms with Gasteiger partial charge in [-0.15, -0.1) is 0 Å². The lowest BCUT2D eigenvalue weighted by Gasteiger charge is -2.11. The first kappa shape index (κ1) is 24.8. The van der Waals surface area contributed by atoms with Gasteiger partial charge in [0.2, 0.25) is 0 Å². The van der Waals surface area contributed by atoms with Gasteiger partial charge < -0.3 is 9.13 Å². The summed E-state index contributed by atoms with van der Waals surface area (Å²) in [6.45, 7) is 0. The Kier molecular flexibility index (Phi) is 4.78. The molecule has 0 N–H and O–H groups in total. The van der Waals surface area contributed by atoms with Crippen molar-refractivity contribution in [2.45, 2.75) is 0 Å². The lowest BCUT2D eigenvalue weighted by molar-refractivity contribution is 1.16. The Morgan fingerprint density at radius 1 is 0.404 bits per heavy atom. The zero-order valence-corrected chi connectivity index (χ0v) is 25.2. The van der Waals surface area contributed by atoms with Crippen LogP contribution in [0.15, 0.2) is 152 Å². The molecule has 11 aromatic rings. The van der Waals surface area contributed by atoms with Crippen LogP contribution in [0.4, 0.5) is 0 Å². The number of pyridine rings is 2. The Labute approximate surface area is 268 Å². The third-order valence-electron chi connectivity index (χ3n) is 9.87. The van der Waals surface area contributed by atoms with Crippen molar-refractivity contribution in [1.82, 2.24) is 23.5 Å². The Bertz CT molecular complexity index is 3060. The SMILES string of the molecule is c1ccc(-n2c3ccccc3c3cc4c5c6c7ccncc7n7c8ccccc8nc7c6ccc5n(-c5ccccc5)c4cc32)cc1. The molecule has 11 rings (SSSR count). The van der Waals surface area contributed by atoms with Crippen LogP contribution >= 0.6 is 0 Å². The average Bonchev–Trinajstić information content (AvgIpc) is 3.79. The molecule has 5 nitrogen and oxygen atoms in total. The molecule has 0 aliphatic rings. The summed E-state index contributed by atoms with van der Waals surface area (Å²) in [6.07, 6.45) is 3.89. The molecule has 47 heavy (non-hydrogen) atoms. The Morgan fingerprint density at radius 3 is 1.89 bits per heavy atom. The van der Waals surface area contributed by atoms with Gasteiger partial charge in [0, 0.05) is 55.3 Å². The predicted octanol–water partition coefficient (Wildman–Crippen LogP) is 10.4. The number of hydrogen-bond acceptors (Lipinski definition) is 2. The molecule has 0 spiro atoms. The molecule has 0 radical (unpaired) electrons. The van der Waals surface area contributed by atoms with Crippen LogP contribution in [0.3, 0.4) is 0 Å². The molecule has 0 aliphatic carbocycles. The zero-order valence-electron chi connectivity index (χ0n) is 25.2. The molecule has 0 saturated heterocycles. The molecule has 5 heteroatoms. The fraction of sp³-hybridized carbons (Fsp3) is 0. The summed E-state index contributed by atoms with van der Waals surface area (Å²) in [4.78, 5) is 9.80. The molecule has 0 aliphatic heterocycles. The highest BCUT2D eigenvalue weighted by molar-refractivity contribution is 6.32. The molecule has 0 atom stereocenters. The van der Waals surface area contributed by atoms with Crippen LogP contribution in [0.2, 0.25) is 0 Å². The predicted molar refractivity (Wildman–Crippen MR) is 194 cm³/mol. The highest BCUT2D eigenvalue weighted by Gasteiger charge is 2.22. The zero-order chi connectivity index (χ0) is 30.6. The summed E-state index contributed by atoms with van der Waals surface area (Å²) in [7, 11) is 0.